The molecule has 178 valence electrons. The van der Waals surface area contributed by atoms with Crippen LogP contribution in [0.25, 0.3) is 6.08 Å². The summed E-state index contributed by atoms with van der Waals surface area (Å²) in [5.41, 5.74) is 4.38. The zero-order valence-corrected chi connectivity index (χ0v) is 23.1. The minimum atomic E-state index is 0.223. The highest BCUT2D eigenvalue weighted by Crippen LogP contribution is 2.30. The van der Waals surface area contributed by atoms with Crippen LogP contribution in [0.4, 0.5) is 0 Å². The van der Waals surface area contributed by atoms with Crippen LogP contribution in [-0.4, -0.2) is 0 Å². The van der Waals surface area contributed by atoms with Gasteiger partial charge in [-0.15, -0.1) is 13.2 Å². The smallest absolute Gasteiger partial charge is 0.0132 e. The Labute approximate surface area is 193 Å². The van der Waals surface area contributed by atoms with Gasteiger partial charge >= 0.3 is 0 Å². The quantitative estimate of drug-likeness (QED) is 0.403. The molecule has 0 aliphatic heterocycles. The van der Waals surface area contributed by atoms with E-state index in [1.54, 1.807) is 0 Å². The third kappa shape index (κ3) is 18.7. The van der Waals surface area contributed by atoms with E-state index in [9.17, 15) is 0 Å². The highest BCUT2D eigenvalue weighted by Gasteiger charge is 2.16. The molecule has 0 radical (unpaired) electrons. The van der Waals surface area contributed by atoms with Gasteiger partial charge in [0.25, 0.3) is 0 Å². The largest absolute Gasteiger partial charge is 0.106 e. The van der Waals surface area contributed by atoms with Crippen molar-refractivity contribution in [3.05, 3.63) is 54.6 Å². The summed E-state index contributed by atoms with van der Waals surface area (Å²) >= 11 is 0. The van der Waals surface area contributed by atoms with Gasteiger partial charge in [-0.2, -0.15) is 0 Å². The lowest BCUT2D eigenvalue weighted by atomic mass is 9.82. The fourth-order valence-electron chi connectivity index (χ4n) is 2.53. The van der Waals surface area contributed by atoms with E-state index in [0.29, 0.717) is 5.92 Å². The SMILES string of the molecule is C=C.C=Cc1ccc(C(C)(C)C)cc1C(C)CCC.CC.CCC.CCC(C)CC. The van der Waals surface area contributed by atoms with Gasteiger partial charge in [-0.3, -0.25) is 0 Å². The molecule has 0 heterocycles. The predicted molar refractivity (Wildman–Crippen MR) is 147 cm³/mol. The molecule has 1 aromatic rings. The van der Waals surface area contributed by atoms with Gasteiger partial charge in [0.05, 0.1) is 0 Å². The zero-order valence-electron chi connectivity index (χ0n) is 23.1. The Morgan fingerprint density at radius 3 is 1.60 bits per heavy atom. The number of hydrogen-bond acceptors (Lipinski definition) is 0. The lowest BCUT2D eigenvalue weighted by molar-refractivity contribution is 0.544. The molecule has 30 heavy (non-hydrogen) atoms. The molecule has 1 unspecified atom stereocenters. The van der Waals surface area contributed by atoms with E-state index in [0.717, 1.165) is 5.92 Å². The first-order valence-electron chi connectivity index (χ1n) is 12.4. The first-order valence-corrected chi connectivity index (χ1v) is 12.4. The average Bonchev–Trinajstić information content (AvgIpc) is 2.76. The van der Waals surface area contributed by atoms with Crippen LogP contribution in [-0.2, 0) is 5.41 Å². The van der Waals surface area contributed by atoms with Crippen molar-refractivity contribution in [1.29, 1.82) is 0 Å². The summed E-state index contributed by atoms with van der Waals surface area (Å²) in [5.74, 6) is 1.56. The second-order valence-corrected chi connectivity index (χ2v) is 8.62. The van der Waals surface area contributed by atoms with E-state index in [-0.39, 0.29) is 5.41 Å². The molecule has 0 saturated carbocycles. The van der Waals surface area contributed by atoms with Crippen molar-refractivity contribution in [1.82, 2.24) is 0 Å². The Kier molecular flexibility index (Phi) is 28.8. The second kappa shape index (κ2) is 24.0. The minimum Gasteiger partial charge on any atom is -0.106 e. The van der Waals surface area contributed by atoms with E-state index in [4.69, 9.17) is 0 Å². The van der Waals surface area contributed by atoms with Crippen LogP contribution in [0.2, 0.25) is 0 Å². The Morgan fingerprint density at radius 2 is 1.33 bits per heavy atom. The van der Waals surface area contributed by atoms with Crippen molar-refractivity contribution < 1.29 is 0 Å². The summed E-state index contributed by atoms with van der Waals surface area (Å²) in [6.45, 7) is 36.3. The Morgan fingerprint density at radius 1 is 0.900 bits per heavy atom. The van der Waals surface area contributed by atoms with Gasteiger partial charge in [-0.1, -0.05) is 140 Å². The molecule has 0 nitrogen and oxygen atoms in total. The monoisotopic (exact) mass is 418 g/mol. The number of benzene rings is 1. The molecule has 0 aliphatic rings. The molecule has 0 bridgehead atoms. The highest BCUT2D eigenvalue weighted by atomic mass is 14.2. The maximum atomic E-state index is 3.93. The molecule has 0 amide bonds. The zero-order chi connectivity index (χ0) is 24.8. The van der Waals surface area contributed by atoms with Crippen molar-refractivity contribution >= 4 is 6.08 Å². The van der Waals surface area contributed by atoms with Crippen molar-refractivity contribution in [3.63, 3.8) is 0 Å². The van der Waals surface area contributed by atoms with Crippen molar-refractivity contribution in [3.8, 4) is 0 Å². The molecule has 0 aromatic heterocycles. The predicted octanol–water partition coefficient (Wildman–Crippen LogP) is 11.2. The summed E-state index contributed by atoms with van der Waals surface area (Å²) in [7, 11) is 0. The van der Waals surface area contributed by atoms with Crippen molar-refractivity contribution in [2.75, 3.05) is 0 Å². The Bertz CT molecular complexity index is 471. The maximum absolute atomic E-state index is 3.93. The highest BCUT2D eigenvalue weighted by molar-refractivity contribution is 5.54. The fourth-order valence-corrected chi connectivity index (χ4v) is 2.53. The molecule has 0 fully saturated rings. The van der Waals surface area contributed by atoms with Crippen LogP contribution in [0, 0.1) is 5.92 Å². The van der Waals surface area contributed by atoms with Gasteiger partial charge in [-0.25, -0.2) is 0 Å². The fraction of sp³-hybridized carbons (Fsp3) is 0.667. The summed E-state index contributed by atoms with van der Waals surface area (Å²) in [4.78, 5) is 0. The van der Waals surface area contributed by atoms with Gasteiger partial charge in [0, 0.05) is 0 Å². The molecule has 0 aliphatic carbocycles. The number of hydrogen-bond donors (Lipinski definition) is 0. The standard InChI is InChI=1S/C17H26.C6H14.C3H8.C2H6.C2H4/c1-7-9-13(3)16-12-15(17(4,5)6)11-10-14(16)8-2;1-4-6(3)5-2;1-3-2;2*1-2/h8,10-13H,2,7,9H2,1,3-6H3;6H,4-5H2,1-3H3;3H2,1-2H3;1-2H3;1-2H2. The van der Waals surface area contributed by atoms with Crippen LogP contribution < -0.4 is 0 Å². The van der Waals surface area contributed by atoms with Crippen LogP contribution in [0.1, 0.15) is 138 Å². The summed E-state index contributed by atoms with van der Waals surface area (Å²) < 4.78 is 0. The molecular weight excluding hydrogens is 360 g/mol. The third-order valence-electron chi connectivity index (χ3n) is 4.82. The Balaban J connectivity index is -0.000000216. The Hall–Kier alpha value is -1.30. The van der Waals surface area contributed by atoms with Gasteiger partial charge in [-0.05, 0) is 40.4 Å². The van der Waals surface area contributed by atoms with Gasteiger partial charge in [0.15, 0.2) is 0 Å². The first kappa shape index (κ1) is 36.1. The van der Waals surface area contributed by atoms with Gasteiger partial charge in [0.2, 0.25) is 0 Å². The normalized spacial score (nSPS) is 10.6. The van der Waals surface area contributed by atoms with Crippen LogP contribution in [0.3, 0.4) is 0 Å². The van der Waals surface area contributed by atoms with Crippen LogP contribution in [0.5, 0.6) is 0 Å². The molecule has 1 atom stereocenters. The van der Waals surface area contributed by atoms with E-state index < -0.39 is 0 Å². The molecule has 0 spiro atoms. The lowest BCUT2D eigenvalue weighted by Crippen LogP contribution is -2.12. The molecule has 1 rings (SSSR count). The van der Waals surface area contributed by atoms with E-state index in [1.165, 1.54) is 48.8 Å². The topological polar surface area (TPSA) is 0 Å². The second-order valence-electron chi connectivity index (χ2n) is 8.62. The molecule has 0 heteroatoms. The van der Waals surface area contributed by atoms with E-state index >= 15 is 0 Å². The summed E-state index contributed by atoms with van der Waals surface area (Å²) in [6.07, 6.45) is 8.37. The van der Waals surface area contributed by atoms with Gasteiger partial charge < -0.3 is 0 Å². The lowest BCUT2D eigenvalue weighted by Gasteiger charge is -2.23. The minimum absolute atomic E-state index is 0.223. The molecule has 0 saturated heterocycles. The van der Waals surface area contributed by atoms with Crippen LogP contribution in [0.15, 0.2) is 37.9 Å². The maximum Gasteiger partial charge on any atom is -0.0132 e. The first-order chi connectivity index (χ1) is 14.1. The summed E-state index contributed by atoms with van der Waals surface area (Å²) in [5, 5.41) is 0. The van der Waals surface area contributed by atoms with E-state index in [2.05, 4.69) is 107 Å². The molecule has 1 aromatic carbocycles. The van der Waals surface area contributed by atoms with Crippen molar-refractivity contribution in [2.24, 2.45) is 5.92 Å². The molecular formula is C30H58. The van der Waals surface area contributed by atoms with E-state index in [1.807, 2.05) is 19.9 Å². The molecule has 0 N–H and O–H groups in total. The van der Waals surface area contributed by atoms with Gasteiger partial charge in [0.1, 0.15) is 0 Å². The summed E-state index contributed by atoms with van der Waals surface area (Å²) in [6, 6.07) is 6.82. The van der Waals surface area contributed by atoms with Crippen molar-refractivity contribution in [2.45, 2.75) is 127 Å². The van der Waals surface area contributed by atoms with Crippen LogP contribution >= 0.6 is 0 Å². The average molecular weight is 419 g/mol. The third-order valence-corrected chi connectivity index (χ3v) is 4.82. The number of rotatable bonds is 6.